The van der Waals surface area contributed by atoms with E-state index in [1.807, 2.05) is 18.7 Å². The smallest absolute Gasteiger partial charge is 0.273 e. The molecule has 0 N–H and O–H groups in total. The van der Waals surface area contributed by atoms with Crippen LogP contribution in [0, 0.1) is 13.8 Å². The standard InChI is InChI=1S/C19H24N4O3/c1-12-15(13(2)26-21-12)9-19(25)22-7-3-5-14(11-22)16-10-18(24)20-17-6-4-8-23(16)17/h10,14H,3-9,11H2,1-2H3. The number of nitrogens with zero attached hydrogens (tertiary/aromatic N) is 4. The van der Waals surface area contributed by atoms with Gasteiger partial charge < -0.3 is 14.0 Å². The highest BCUT2D eigenvalue weighted by atomic mass is 16.5. The largest absolute Gasteiger partial charge is 0.361 e. The van der Waals surface area contributed by atoms with Crippen molar-refractivity contribution < 1.29 is 9.32 Å². The fourth-order valence-corrected chi connectivity index (χ4v) is 4.22. The Morgan fingerprint density at radius 1 is 1.31 bits per heavy atom. The molecule has 0 spiro atoms. The van der Waals surface area contributed by atoms with Crippen LogP contribution in [0.25, 0.3) is 0 Å². The van der Waals surface area contributed by atoms with E-state index in [-0.39, 0.29) is 17.4 Å². The maximum atomic E-state index is 12.8. The zero-order valence-corrected chi connectivity index (χ0v) is 15.3. The predicted octanol–water partition coefficient (Wildman–Crippen LogP) is 1.74. The van der Waals surface area contributed by atoms with Crippen molar-refractivity contribution in [2.75, 3.05) is 13.1 Å². The lowest BCUT2D eigenvalue weighted by Gasteiger charge is -2.34. The van der Waals surface area contributed by atoms with E-state index in [4.69, 9.17) is 4.52 Å². The minimum atomic E-state index is -0.160. The van der Waals surface area contributed by atoms with Gasteiger partial charge in [-0.2, -0.15) is 4.98 Å². The molecule has 26 heavy (non-hydrogen) atoms. The van der Waals surface area contributed by atoms with Gasteiger partial charge in [0.2, 0.25) is 5.91 Å². The summed E-state index contributed by atoms with van der Waals surface area (Å²) < 4.78 is 7.36. The number of fused-ring (bicyclic) bond motifs is 1. The summed E-state index contributed by atoms with van der Waals surface area (Å²) in [4.78, 5) is 30.9. The van der Waals surface area contributed by atoms with Crippen LogP contribution in [0.1, 0.15) is 53.7 Å². The molecule has 1 saturated heterocycles. The van der Waals surface area contributed by atoms with Gasteiger partial charge in [-0.05, 0) is 33.1 Å². The van der Waals surface area contributed by atoms with Gasteiger partial charge in [0.1, 0.15) is 11.6 Å². The zero-order chi connectivity index (χ0) is 18.3. The van der Waals surface area contributed by atoms with Crippen LogP contribution in [0.3, 0.4) is 0 Å². The molecular weight excluding hydrogens is 332 g/mol. The molecule has 2 aliphatic rings. The molecule has 2 aliphatic heterocycles. The summed E-state index contributed by atoms with van der Waals surface area (Å²) in [7, 11) is 0. The Kier molecular flexibility index (Phi) is 4.38. The van der Waals surface area contributed by atoms with Crippen molar-refractivity contribution in [1.82, 2.24) is 19.6 Å². The molecule has 4 rings (SSSR count). The van der Waals surface area contributed by atoms with Crippen LogP contribution in [0.4, 0.5) is 0 Å². The summed E-state index contributed by atoms with van der Waals surface area (Å²) in [6, 6.07) is 1.67. The van der Waals surface area contributed by atoms with Crippen molar-refractivity contribution in [2.45, 2.75) is 58.4 Å². The van der Waals surface area contributed by atoms with E-state index < -0.39 is 0 Å². The molecule has 1 atom stereocenters. The third kappa shape index (κ3) is 3.06. The number of carbonyl (C=O) groups is 1. The molecule has 0 saturated carbocycles. The first-order valence-electron chi connectivity index (χ1n) is 9.33. The maximum Gasteiger partial charge on any atom is 0.273 e. The molecule has 0 radical (unpaired) electrons. The molecule has 1 amide bonds. The summed E-state index contributed by atoms with van der Waals surface area (Å²) in [6.07, 6.45) is 4.17. The average Bonchev–Trinajstić information content (AvgIpc) is 3.22. The van der Waals surface area contributed by atoms with Gasteiger partial charge in [0.05, 0.1) is 12.1 Å². The van der Waals surface area contributed by atoms with Crippen LogP contribution in [0.2, 0.25) is 0 Å². The number of aromatic nitrogens is 3. The molecule has 1 unspecified atom stereocenters. The minimum absolute atomic E-state index is 0.0992. The van der Waals surface area contributed by atoms with Crippen molar-refractivity contribution in [3.05, 3.63) is 45.0 Å². The Balaban J connectivity index is 1.53. The van der Waals surface area contributed by atoms with Gasteiger partial charge in [0.15, 0.2) is 0 Å². The van der Waals surface area contributed by atoms with Gasteiger partial charge >= 0.3 is 0 Å². The molecule has 0 bridgehead atoms. The lowest BCUT2D eigenvalue weighted by molar-refractivity contribution is -0.131. The van der Waals surface area contributed by atoms with Crippen LogP contribution >= 0.6 is 0 Å². The van der Waals surface area contributed by atoms with Crippen molar-refractivity contribution >= 4 is 5.91 Å². The number of carbonyl (C=O) groups excluding carboxylic acids is 1. The monoisotopic (exact) mass is 356 g/mol. The van der Waals surface area contributed by atoms with E-state index in [1.165, 1.54) is 0 Å². The summed E-state index contributed by atoms with van der Waals surface area (Å²) in [6.45, 7) is 6.05. The van der Waals surface area contributed by atoms with E-state index in [9.17, 15) is 9.59 Å². The van der Waals surface area contributed by atoms with E-state index in [2.05, 4.69) is 14.7 Å². The molecular formula is C19H24N4O3. The number of hydrogen-bond acceptors (Lipinski definition) is 5. The Labute approximate surface area is 152 Å². The van der Waals surface area contributed by atoms with Gasteiger partial charge in [-0.15, -0.1) is 0 Å². The Morgan fingerprint density at radius 2 is 2.15 bits per heavy atom. The summed E-state index contributed by atoms with van der Waals surface area (Å²) in [5.41, 5.74) is 2.56. The normalized spacial score (nSPS) is 19.6. The van der Waals surface area contributed by atoms with Crippen molar-refractivity contribution in [1.29, 1.82) is 0 Å². The topological polar surface area (TPSA) is 81.2 Å². The zero-order valence-electron chi connectivity index (χ0n) is 15.3. The number of rotatable bonds is 3. The Hall–Kier alpha value is -2.44. The fraction of sp³-hybridized carbons (Fsp3) is 0.579. The molecule has 7 heteroatoms. The van der Waals surface area contributed by atoms with Gasteiger partial charge in [-0.1, -0.05) is 5.16 Å². The quantitative estimate of drug-likeness (QED) is 0.837. The third-order valence-corrected chi connectivity index (χ3v) is 5.62. The van der Waals surface area contributed by atoms with Crippen LogP contribution in [0.15, 0.2) is 15.4 Å². The van der Waals surface area contributed by atoms with Gasteiger partial charge in [-0.3, -0.25) is 9.59 Å². The first-order valence-corrected chi connectivity index (χ1v) is 9.33. The molecule has 2 aromatic rings. The maximum absolute atomic E-state index is 12.8. The average molecular weight is 356 g/mol. The predicted molar refractivity (Wildman–Crippen MR) is 95.1 cm³/mol. The molecule has 1 fully saturated rings. The molecule has 4 heterocycles. The fourth-order valence-electron chi connectivity index (χ4n) is 4.22. The van der Waals surface area contributed by atoms with Crippen molar-refractivity contribution in [3.8, 4) is 0 Å². The van der Waals surface area contributed by atoms with E-state index in [1.54, 1.807) is 6.07 Å². The number of likely N-dealkylation sites (tertiary alicyclic amines) is 1. The van der Waals surface area contributed by atoms with Crippen molar-refractivity contribution in [3.63, 3.8) is 0 Å². The van der Waals surface area contributed by atoms with Crippen molar-refractivity contribution in [2.24, 2.45) is 0 Å². The van der Waals surface area contributed by atoms with Crippen LogP contribution in [-0.2, 0) is 24.2 Å². The molecule has 0 aliphatic carbocycles. The Morgan fingerprint density at radius 3 is 2.92 bits per heavy atom. The van der Waals surface area contributed by atoms with Crippen LogP contribution in [-0.4, -0.2) is 38.6 Å². The highest BCUT2D eigenvalue weighted by Gasteiger charge is 2.29. The van der Waals surface area contributed by atoms with Gasteiger partial charge in [-0.25, -0.2) is 0 Å². The Bertz CT molecular complexity index is 879. The second kappa shape index (κ2) is 6.70. The number of hydrogen-bond donors (Lipinski definition) is 0. The summed E-state index contributed by atoms with van der Waals surface area (Å²) in [5.74, 6) is 1.90. The highest BCUT2D eigenvalue weighted by Crippen LogP contribution is 2.29. The summed E-state index contributed by atoms with van der Waals surface area (Å²) >= 11 is 0. The van der Waals surface area contributed by atoms with Gasteiger partial charge in [0.25, 0.3) is 5.56 Å². The third-order valence-electron chi connectivity index (χ3n) is 5.62. The van der Waals surface area contributed by atoms with E-state index >= 15 is 0 Å². The second-order valence-corrected chi connectivity index (χ2v) is 7.35. The van der Waals surface area contributed by atoms with Crippen LogP contribution in [0.5, 0.6) is 0 Å². The first-order chi connectivity index (χ1) is 12.5. The minimum Gasteiger partial charge on any atom is -0.361 e. The number of amides is 1. The van der Waals surface area contributed by atoms with Gasteiger partial charge in [0, 0.05) is 49.3 Å². The van der Waals surface area contributed by atoms with Crippen LogP contribution < -0.4 is 5.56 Å². The second-order valence-electron chi connectivity index (χ2n) is 7.35. The highest BCUT2D eigenvalue weighted by molar-refractivity contribution is 5.79. The number of piperidine rings is 1. The molecule has 138 valence electrons. The van der Waals surface area contributed by atoms with E-state index in [0.29, 0.717) is 18.7 Å². The first kappa shape index (κ1) is 17.0. The SMILES string of the molecule is Cc1noc(C)c1CC(=O)N1CCCC(c2cc(=O)nc3n2CCC3)C1. The summed E-state index contributed by atoms with van der Waals surface area (Å²) in [5, 5.41) is 3.94. The molecule has 2 aromatic heterocycles. The lowest BCUT2D eigenvalue weighted by Crippen LogP contribution is -2.41. The number of aryl methyl sites for hydroxylation is 3. The molecule has 7 nitrogen and oxygen atoms in total. The van der Waals surface area contributed by atoms with E-state index in [0.717, 1.165) is 61.5 Å². The molecule has 0 aromatic carbocycles. The lowest BCUT2D eigenvalue weighted by atomic mass is 9.93.